The third kappa shape index (κ3) is 3.76. The number of benzene rings is 1. The Morgan fingerprint density at radius 3 is 2.20 bits per heavy atom. The van der Waals surface area contributed by atoms with Crippen LogP contribution in [0.3, 0.4) is 0 Å². The molecule has 20 heavy (non-hydrogen) atoms. The van der Waals surface area contributed by atoms with Crippen molar-refractivity contribution in [2.45, 2.75) is 6.92 Å². The lowest BCUT2D eigenvalue weighted by molar-refractivity contribution is -0.114. The molecule has 2 aromatic rings. The van der Waals surface area contributed by atoms with Crippen LogP contribution in [-0.4, -0.2) is 15.9 Å². The van der Waals surface area contributed by atoms with Gasteiger partial charge in [-0.1, -0.05) is 12.2 Å². The molecule has 5 nitrogen and oxygen atoms in total. The first kappa shape index (κ1) is 14.0. The van der Waals surface area contributed by atoms with Crippen molar-refractivity contribution in [3.63, 3.8) is 0 Å². The average Bonchev–Trinajstić information content (AvgIpc) is 2.41. The summed E-state index contributed by atoms with van der Waals surface area (Å²) in [5.41, 5.74) is 8.55. The van der Waals surface area contributed by atoms with E-state index in [9.17, 15) is 4.79 Å². The number of pyridine rings is 1. The smallest absolute Gasteiger partial charge is 0.221 e. The number of nitrogens with two attached hydrogens (primary N) is 1. The number of hydrogen-bond donors (Lipinski definition) is 3. The Morgan fingerprint density at radius 1 is 1.10 bits per heavy atom. The third-order valence-corrected chi connectivity index (χ3v) is 2.72. The van der Waals surface area contributed by atoms with Crippen LogP contribution in [-0.2, 0) is 4.79 Å². The molecule has 0 aliphatic rings. The molecule has 6 heteroatoms. The van der Waals surface area contributed by atoms with E-state index in [2.05, 4.69) is 15.6 Å². The van der Waals surface area contributed by atoms with Crippen LogP contribution in [0.25, 0.3) is 0 Å². The quantitative estimate of drug-likeness (QED) is 0.752. The lowest BCUT2D eigenvalue weighted by atomic mass is 10.2. The Bertz CT molecular complexity index is 623. The van der Waals surface area contributed by atoms with Gasteiger partial charge >= 0.3 is 0 Å². The molecule has 102 valence electrons. The maximum Gasteiger partial charge on any atom is 0.221 e. The minimum atomic E-state index is -0.0942. The second kappa shape index (κ2) is 6.12. The Kier molecular flexibility index (Phi) is 4.27. The number of amides is 1. The van der Waals surface area contributed by atoms with E-state index in [4.69, 9.17) is 18.0 Å². The fourth-order valence-electron chi connectivity index (χ4n) is 1.62. The van der Waals surface area contributed by atoms with Gasteiger partial charge in [0.25, 0.3) is 0 Å². The van der Waals surface area contributed by atoms with Gasteiger partial charge < -0.3 is 16.4 Å². The summed E-state index contributed by atoms with van der Waals surface area (Å²) in [5.74, 6) is -0.0942. The van der Waals surface area contributed by atoms with Crippen molar-refractivity contribution in [1.82, 2.24) is 4.98 Å². The molecule has 4 N–H and O–H groups in total. The summed E-state index contributed by atoms with van der Waals surface area (Å²) in [7, 11) is 0. The molecule has 0 radical (unpaired) electrons. The fraction of sp³-hybridized carbons (Fsp3) is 0.0714. The van der Waals surface area contributed by atoms with Gasteiger partial charge in [0.05, 0.1) is 17.6 Å². The van der Waals surface area contributed by atoms with Gasteiger partial charge in [0.2, 0.25) is 5.91 Å². The highest BCUT2D eigenvalue weighted by atomic mass is 32.1. The zero-order valence-electron chi connectivity index (χ0n) is 10.9. The monoisotopic (exact) mass is 286 g/mol. The SMILES string of the molecule is CC(=O)Nc1ccc(Nc2ccc(C(N)=S)nc2)cc1. The van der Waals surface area contributed by atoms with Gasteiger partial charge in [-0.25, -0.2) is 0 Å². The highest BCUT2D eigenvalue weighted by Gasteiger charge is 2.00. The van der Waals surface area contributed by atoms with E-state index in [-0.39, 0.29) is 10.9 Å². The maximum absolute atomic E-state index is 10.9. The van der Waals surface area contributed by atoms with Crippen LogP contribution < -0.4 is 16.4 Å². The van der Waals surface area contributed by atoms with Crippen LogP contribution in [0, 0.1) is 0 Å². The summed E-state index contributed by atoms with van der Waals surface area (Å²) in [6.07, 6.45) is 1.66. The van der Waals surface area contributed by atoms with E-state index < -0.39 is 0 Å². The van der Waals surface area contributed by atoms with Gasteiger partial charge in [-0.15, -0.1) is 0 Å². The molecule has 0 aliphatic heterocycles. The van der Waals surface area contributed by atoms with Crippen LogP contribution >= 0.6 is 12.2 Å². The van der Waals surface area contributed by atoms with Crippen LogP contribution in [0.4, 0.5) is 17.1 Å². The predicted molar refractivity (Wildman–Crippen MR) is 84.2 cm³/mol. The minimum absolute atomic E-state index is 0.0942. The topological polar surface area (TPSA) is 80.0 Å². The Morgan fingerprint density at radius 2 is 1.70 bits per heavy atom. The Hall–Kier alpha value is -2.47. The van der Waals surface area contributed by atoms with Gasteiger partial charge in [0.1, 0.15) is 4.99 Å². The number of rotatable bonds is 4. The average molecular weight is 286 g/mol. The van der Waals surface area contributed by atoms with E-state index in [0.717, 1.165) is 17.1 Å². The predicted octanol–water partition coefficient (Wildman–Crippen LogP) is 2.42. The number of carbonyl (C=O) groups excluding carboxylic acids is 1. The molecule has 0 spiro atoms. The van der Waals surface area contributed by atoms with Crippen molar-refractivity contribution in [2.24, 2.45) is 5.73 Å². The van der Waals surface area contributed by atoms with Gasteiger partial charge in [-0.3, -0.25) is 9.78 Å². The molecule has 0 unspecified atom stereocenters. The van der Waals surface area contributed by atoms with Crippen molar-refractivity contribution in [1.29, 1.82) is 0 Å². The summed E-state index contributed by atoms with van der Waals surface area (Å²) in [6, 6.07) is 11.0. The molecule has 0 atom stereocenters. The van der Waals surface area contributed by atoms with Crippen molar-refractivity contribution in [3.8, 4) is 0 Å². The second-order valence-electron chi connectivity index (χ2n) is 4.18. The van der Waals surface area contributed by atoms with Crippen LogP contribution in [0.15, 0.2) is 42.6 Å². The summed E-state index contributed by atoms with van der Waals surface area (Å²) in [5, 5.41) is 5.90. The lowest BCUT2D eigenvalue weighted by Crippen LogP contribution is -2.11. The fourth-order valence-corrected chi connectivity index (χ4v) is 1.74. The number of aromatic nitrogens is 1. The standard InChI is InChI=1S/C14H14N4OS/c1-9(19)17-10-2-4-11(5-3-10)18-12-6-7-13(14(15)20)16-8-12/h2-8,18H,1H3,(H2,15,20)(H,17,19). The molecule has 0 saturated heterocycles. The lowest BCUT2D eigenvalue weighted by Gasteiger charge is -2.08. The highest BCUT2D eigenvalue weighted by Crippen LogP contribution is 2.18. The first-order valence-corrected chi connectivity index (χ1v) is 6.36. The molecule has 2 rings (SSSR count). The van der Waals surface area contributed by atoms with Gasteiger partial charge in [0, 0.05) is 18.3 Å². The van der Waals surface area contributed by atoms with E-state index in [1.54, 1.807) is 12.3 Å². The van der Waals surface area contributed by atoms with E-state index >= 15 is 0 Å². The number of hydrogen-bond acceptors (Lipinski definition) is 4. The second-order valence-corrected chi connectivity index (χ2v) is 4.62. The molecule has 0 aliphatic carbocycles. The number of nitrogens with one attached hydrogen (secondary N) is 2. The molecule has 1 amide bonds. The maximum atomic E-state index is 10.9. The molecular weight excluding hydrogens is 272 g/mol. The molecule has 1 heterocycles. The van der Waals surface area contributed by atoms with E-state index in [0.29, 0.717) is 5.69 Å². The van der Waals surface area contributed by atoms with Crippen LogP contribution in [0.1, 0.15) is 12.6 Å². The third-order valence-electron chi connectivity index (χ3n) is 2.51. The normalized spacial score (nSPS) is 9.85. The Balaban J connectivity index is 2.06. The van der Waals surface area contributed by atoms with E-state index in [1.807, 2.05) is 30.3 Å². The Labute approximate surface area is 122 Å². The zero-order chi connectivity index (χ0) is 14.5. The van der Waals surface area contributed by atoms with Gasteiger partial charge in [-0.2, -0.15) is 0 Å². The summed E-state index contributed by atoms with van der Waals surface area (Å²) >= 11 is 4.84. The zero-order valence-corrected chi connectivity index (χ0v) is 11.7. The van der Waals surface area contributed by atoms with Crippen LogP contribution in [0.5, 0.6) is 0 Å². The van der Waals surface area contributed by atoms with Crippen molar-refractivity contribution < 1.29 is 4.79 Å². The highest BCUT2D eigenvalue weighted by molar-refractivity contribution is 7.80. The summed E-state index contributed by atoms with van der Waals surface area (Å²) in [6.45, 7) is 1.47. The first-order chi connectivity index (χ1) is 9.54. The number of thiocarbonyl (C=S) groups is 1. The summed E-state index contributed by atoms with van der Waals surface area (Å²) in [4.78, 5) is 15.3. The number of nitrogens with zero attached hydrogens (tertiary/aromatic N) is 1. The minimum Gasteiger partial charge on any atom is -0.388 e. The first-order valence-electron chi connectivity index (χ1n) is 5.95. The molecule has 1 aromatic heterocycles. The van der Waals surface area contributed by atoms with Crippen molar-refractivity contribution in [2.75, 3.05) is 10.6 Å². The molecule has 1 aromatic carbocycles. The van der Waals surface area contributed by atoms with E-state index in [1.165, 1.54) is 6.92 Å². The molecule has 0 fully saturated rings. The van der Waals surface area contributed by atoms with Crippen molar-refractivity contribution >= 4 is 40.2 Å². The van der Waals surface area contributed by atoms with Crippen molar-refractivity contribution in [3.05, 3.63) is 48.3 Å². The van der Waals surface area contributed by atoms with Crippen LogP contribution in [0.2, 0.25) is 0 Å². The number of anilines is 3. The number of carbonyl (C=O) groups is 1. The summed E-state index contributed by atoms with van der Waals surface area (Å²) < 4.78 is 0. The largest absolute Gasteiger partial charge is 0.388 e. The molecule has 0 saturated carbocycles. The molecule has 0 bridgehead atoms. The van der Waals surface area contributed by atoms with Gasteiger partial charge in [-0.05, 0) is 36.4 Å². The van der Waals surface area contributed by atoms with Gasteiger partial charge in [0.15, 0.2) is 0 Å². The molecular formula is C14H14N4OS.